The molecule has 1 aliphatic rings. The Kier molecular flexibility index (Phi) is 8.52. The molecule has 0 unspecified atom stereocenters. The van der Waals surface area contributed by atoms with Crippen LogP contribution in [0.3, 0.4) is 0 Å². The number of fused-ring (bicyclic) bond motifs is 1. The number of hydrogen-bond acceptors (Lipinski definition) is 8. The number of carbonyl (C=O) groups is 1. The van der Waals surface area contributed by atoms with Crippen LogP contribution in [-0.2, 0) is 9.47 Å². The zero-order chi connectivity index (χ0) is 27.4. The molecule has 0 aliphatic carbocycles. The first-order valence-electron chi connectivity index (χ1n) is 12.2. The summed E-state index contributed by atoms with van der Waals surface area (Å²) in [5, 5.41) is 6.94. The fourth-order valence-electron chi connectivity index (χ4n) is 4.40. The van der Waals surface area contributed by atoms with Crippen molar-refractivity contribution in [2.75, 3.05) is 62.9 Å². The molecule has 1 atom stereocenters. The van der Waals surface area contributed by atoms with E-state index in [-0.39, 0.29) is 17.2 Å². The van der Waals surface area contributed by atoms with Gasteiger partial charge in [0.25, 0.3) is 12.3 Å². The highest BCUT2D eigenvalue weighted by Gasteiger charge is 2.25. The molecule has 9 nitrogen and oxygen atoms in total. The highest BCUT2D eigenvalue weighted by molar-refractivity contribution is 6.05. The first-order chi connectivity index (χ1) is 18.2. The number of aryl methyl sites for hydroxylation is 1. The Morgan fingerprint density at radius 2 is 1.89 bits per heavy atom. The summed E-state index contributed by atoms with van der Waals surface area (Å²) in [5.74, 6) is -0.404. The maximum Gasteiger partial charge on any atom is 0.266 e. The normalized spacial score (nSPS) is 14.7. The Bertz CT molecular complexity index is 1320. The van der Waals surface area contributed by atoms with Crippen molar-refractivity contribution >= 4 is 34.0 Å². The quantitative estimate of drug-likeness (QED) is 0.276. The monoisotopic (exact) mass is 532 g/mol. The van der Waals surface area contributed by atoms with Gasteiger partial charge < -0.3 is 30.7 Å². The van der Waals surface area contributed by atoms with Gasteiger partial charge in [0, 0.05) is 49.1 Å². The van der Waals surface area contributed by atoms with Crippen molar-refractivity contribution in [3.05, 3.63) is 52.6 Å². The number of alkyl halides is 2. The highest BCUT2D eigenvalue weighted by Crippen LogP contribution is 2.34. The number of benzene rings is 2. The minimum absolute atomic E-state index is 0.0118. The summed E-state index contributed by atoms with van der Waals surface area (Å²) in [6, 6.07) is 4.96. The number of rotatable bonds is 9. The summed E-state index contributed by atoms with van der Waals surface area (Å²) in [6.07, 6.45) is -3.00. The summed E-state index contributed by atoms with van der Waals surface area (Å²) in [5.41, 5.74) is 6.55. The van der Waals surface area contributed by atoms with Gasteiger partial charge in [-0.1, -0.05) is 0 Å². The van der Waals surface area contributed by atoms with Gasteiger partial charge in [-0.05, 0) is 38.1 Å². The van der Waals surface area contributed by atoms with E-state index in [1.54, 1.807) is 38.0 Å². The second-order valence-electron chi connectivity index (χ2n) is 9.04. The third kappa shape index (κ3) is 5.91. The van der Waals surface area contributed by atoms with E-state index < -0.39 is 23.8 Å². The first kappa shape index (κ1) is 27.4. The molecule has 1 aliphatic heterocycles. The smallest absolute Gasteiger partial charge is 0.266 e. The van der Waals surface area contributed by atoms with Crippen LogP contribution in [-0.4, -0.2) is 67.3 Å². The number of halogens is 3. The van der Waals surface area contributed by atoms with E-state index in [1.165, 1.54) is 6.07 Å². The minimum Gasteiger partial charge on any atom is -0.399 e. The number of nitrogens with two attached hydrogens (primary N) is 1. The predicted octanol–water partition coefficient (Wildman–Crippen LogP) is 4.30. The van der Waals surface area contributed by atoms with E-state index in [1.807, 2.05) is 0 Å². The standard InChI is InChI=1S/C26H31F3N6O3/c1-14(17-10-16(30)11-20(23(17)27)24(28)29)32-25-18-12-21(31-4-7-37-3)19(13-22(18)33-15(2)34-25)26(36)35-5-8-38-9-6-35/h10-14,24,31H,4-9,30H2,1-3H3,(H,32,33,34)/t14-/m1/s1. The van der Waals surface area contributed by atoms with E-state index in [0.717, 1.165) is 6.07 Å². The van der Waals surface area contributed by atoms with Crippen LogP contribution in [0.5, 0.6) is 0 Å². The van der Waals surface area contributed by atoms with Crippen molar-refractivity contribution in [2.45, 2.75) is 26.3 Å². The molecule has 4 rings (SSSR count). The topological polar surface area (TPSA) is 115 Å². The second kappa shape index (κ2) is 11.8. The van der Waals surface area contributed by atoms with Crippen molar-refractivity contribution < 1.29 is 27.4 Å². The number of ether oxygens (including phenoxy) is 2. The van der Waals surface area contributed by atoms with Gasteiger partial charge in [-0.15, -0.1) is 0 Å². The van der Waals surface area contributed by atoms with Crippen molar-refractivity contribution in [2.24, 2.45) is 0 Å². The number of amides is 1. The van der Waals surface area contributed by atoms with Crippen LogP contribution in [0.25, 0.3) is 10.9 Å². The van der Waals surface area contributed by atoms with Crippen molar-refractivity contribution in [3.8, 4) is 0 Å². The number of methoxy groups -OCH3 is 1. The average molecular weight is 533 g/mol. The number of hydrogen-bond donors (Lipinski definition) is 3. The number of nitrogens with zero attached hydrogens (tertiary/aromatic N) is 3. The van der Waals surface area contributed by atoms with Gasteiger partial charge in [0.2, 0.25) is 0 Å². The second-order valence-corrected chi connectivity index (χ2v) is 9.04. The Hall–Kier alpha value is -3.64. The van der Waals surface area contributed by atoms with Gasteiger partial charge >= 0.3 is 0 Å². The van der Waals surface area contributed by atoms with Crippen LogP contribution >= 0.6 is 0 Å². The number of nitrogen functional groups attached to an aromatic ring is 1. The Labute approximate surface area is 218 Å². The van der Waals surface area contributed by atoms with E-state index in [4.69, 9.17) is 15.2 Å². The van der Waals surface area contributed by atoms with Crippen LogP contribution in [0.15, 0.2) is 24.3 Å². The molecule has 204 valence electrons. The Morgan fingerprint density at radius 1 is 1.18 bits per heavy atom. The summed E-state index contributed by atoms with van der Waals surface area (Å²) in [4.78, 5) is 24.1. The van der Waals surface area contributed by atoms with E-state index in [0.29, 0.717) is 73.3 Å². The lowest BCUT2D eigenvalue weighted by Crippen LogP contribution is -2.41. The summed E-state index contributed by atoms with van der Waals surface area (Å²) in [7, 11) is 1.58. The van der Waals surface area contributed by atoms with Gasteiger partial charge in [-0.25, -0.2) is 23.1 Å². The minimum atomic E-state index is -3.00. The van der Waals surface area contributed by atoms with Crippen LogP contribution in [0.4, 0.5) is 30.4 Å². The number of carbonyl (C=O) groups excluding carboxylic acids is 1. The molecule has 4 N–H and O–H groups in total. The van der Waals surface area contributed by atoms with Gasteiger partial charge in [-0.3, -0.25) is 4.79 Å². The fraction of sp³-hybridized carbons (Fsp3) is 0.423. The highest BCUT2D eigenvalue weighted by atomic mass is 19.3. The summed E-state index contributed by atoms with van der Waals surface area (Å²) >= 11 is 0. The summed E-state index contributed by atoms with van der Waals surface area (Å²) in [6.45, 7) is 6.07. The third-order valence-corrected chi connectivity index (χ3v) is 6.30. The maximum atomic E-state index is 14.9. The van der Waals surface area contributed by atoms with Gasteiger partial charge in [0.15, 0.2) is 0 Å². The van der Waals surface area contributed by atoms with Gasteiger partial charge in [0.05, 0.1) is 42.5 Å². The lowest BCUT2D eigenvalue weighted by atomic mass is 10.0. The van der Waals surface area contributed by atoms with Crippen LogP contribution in [0.2, 0.25) is 0 Å². The molecule has 0 radical (unpaired) electrons. The Morgan fingerprint density at radius 3 is 2.58 bits per heavy atom. The molecule has 1 aromatic heterocycles. The molecule has 38 heavy (non-hydrogen) atoms. The predicted molar refractivity (Wildman–Crippen MR) is 139 cm³/mol. The van der Waals surface area contributed by atoms with Gasteiger partial charge in [-0.2, -0.15) is 0 Å². The lowest BCUT2D eigenvalue weighted by Gasteiger charge is -2.28. The average Bonchev–Trinajstić information content (AvgIpc) is 2.89. The van der Waals surface area contributed by atoms with E-state index >= 15 is 0 Å². The third-order valence-electron chi connectivity index (χ3n) is 6.30. The number of morpholine rings is 1. The zero-order valence-corrected chi connectivity index (χ0v) is 21.5. The van der Waals surface area contributed by atoms with Gasteiger partial charge in [0.1, 0.15) is 17.5 Å². The molecule has 0 bridgehead atoms. The molecule has 2 aromatic carbocycles. The Balaban J connectivity index is 1.76. The van der Waals surface area contributed by atoms with Crippen molar-refractivity contribution in [3.63, 3.8) is 0 Å². The van der Waals surface area contributed by atoms with Crippen LogP contribution in [0, 0.1) is 12.7 Å². The fourth-order valence-corrected chi connectivity index (χ4v) is 4.40. The molecule has 1 saturated heterocycles. The first-order valence-corrected chi connectivity index (χ1v) is 12.2. The molecule has 0 saturated carbocycles. The maximum absolute atomic E-state index is 14.9. The largest absolute Gasteiger partial charge is 0.399 e. The van der Waals surface area contributed by atoms with Crippen LogP contribution < -0.4 is 16.4 Å². The molecule has 0 spiro atoms. The molecule has 12 heteroatoms. The van der Waals surface area contributed by atoms with Crippen molar-refractivity contribution in [1.82, 2.24) is 14.9 Å². The number of nitrogens with one attached hydrogen (secondary N) is 2. The molecule has 1 amide bonds. The summed E-state index contributed by atoms with van der Waals surface area (Å²) < 4.78 is 52.2. The van der Waals surface area contributed by atoms with Crippen molar-refractivity contribution in [1.29, 1.82) is 0 Å². The molecule has 3 aromatic rings. The molecular formula is C26H31F3N6O3. The SMILES string of the molecule is COCCNc1cc2c(N[C@H](C)c3cc(N)cc(C(F)F)c3F)nc(C)nc2cc1C(=O)N1CCOCC1. The lowest BCUT2D eigenvalue weighted by molar-refractivity contribution is 0.0303. The van der Waals surface area contributed by atoms with E-state index in [2.05, 4.69) is 20.6 Å². The van der Waals surface area contributed by atoms with Crippen LogP contribution in [0.1, 0.15) is 46.7 Å². The number of aromatic nitrogens is 2. The molecule has 1 fully saturated rings. The zero-order valence-electron chi connectivity index (χ0n) is 21.5. The molecular weight excluding hydrogens is 501 g/mol. The number of anilines is 3. The van der Waals surface area contributed by atoms with E-state index in [9.17, 15) is 18.0 Å². The molecule has 2 heterocycles.